The molecule has 1 fully saturated rings. The van der Waals surface area contributed by atoms with Crippen LogP contribution < -0.4 is 11.5 Å². The average Bonchev–Trinajstić information content (AvgIpc) is 3.19. The van der Waals surface area contributed by atoms with E-state index in [0.717, 1.165) is 0 Å². The molecule has 0 saturated carbocycles. The van der Waals surface area contributed by atoms with Crippen LogP contribution in [0.1, 0.15) is 31.5 Å². The van der Waals surface area contributed by atoms with Gasteiger partial charge in [-0.1, -0.05) is 0 Å². The van der Waals surface area contributed by atoms with Crippen molar-refractivity contribution in [2.24, 2.45) is 5.73 Å². The summed E-state index contributed by atoms with van der Waals surface area (Å²) in [5.41, 5.74) is 12.9. The van der Waals surface area contributed by atoms with Gasteiger partial charge >= 0.3 is 7.60 Å². The van der Waals surface area contributed by atoms with Crippen LogP contribution in [0.3, 0.4) is 0 Å². The number of aliphatic hydroxyl groups excluding tert-OH is 2. The summed E-state index contributed by atoms with van der Waals surface area (Å²) in [5.74, 6) is 0.685. The molecule has 0 radical (unpaired) electrons. The Balaban J connectivity index is 1.86. The van der Waals surface area contributed by atoms with Crippen molar-refractivity contribution in [1.29, 1.82) is 0 Å². The summed E-state index contributed by atoms with van der Waals surface area (Å²) in [6.07, 6.45) is -3.87. The van der Waals surface area contributed by atoms with E-state index < -0.39 is 38.7 Å². The molecule has 0 bridgehead atoms. The lowest BCUT2D eigenvalue weighted by atomic mass is 10.2. The number of hydrogen-bond acceptors (Lipinski definition) is 11. The molecule has 1 aliphatic heterocycles. The highest BCUT2D eigenvalue weighted by Crippen LogP contribution is 2.49. The molecule has 3 heterocycles. The zero-order valence-electron chi connectivity index (χ0n) is 17.1. The van der Waals surface area contributed by atoms with E-state index in [0.29, 0.717) is 22.4 Å². The van der Waals surface area contributed by atoms with Crippen LogP contribution in [0.4, 0.5) is 5.82 Å². The summed E-state index contributed by atoms with van der Waals surface area (Å²) >= 11 is 0. The molecule has 0 spiro atoms. The van der Waals surface area contributed by atoms with Crippen LogP contribution in [0.5, 0.6) is 0 Å². The van der Waals surface area contributed by atoms with Crippen molar-refractivity contribution in [3.63, 3.8) is 0 Å². The van der Waals surface area contributed by atoms with Crippen molar-refractivity contribution in [1.82, 2.24) is 14.5 Å². The number of fused-ring (bicyclic) bond motifs is 1. The van der Waals surface area contributed by atoms with Gasteiger partial charge in [-0.15, -0.1) is 0 Å². The second-order valence-corrected chi connectivity index (χ2v) is 8.74. The van der Waals surface area contributed by atoms with Gasteiger partial charge in [-0.25, -0.2) is 9.97 Å². The minimum Gasteiger partial charge on any atom is -0.385 e. The molecule has 30 heavy (non-hydrogen) atoms. The van der Waals surface area contributed by atoms with E-state index in [2.05, 4.69) is 9.97 Å². The maximum Gasteiger partial charge on any atom is 0.356 e. The molecule has 168 valence electrons. The van der Waals surface area contributed by atoms with Gasteiger partial charge < -0.3 is 44.8 Å². The van der Waals surface area contributed by atoms with Gasteiger partial charge in [-0.3, -0.25) is 4.57 Å². The zero-order chi connectivity index (χ0) is 22.1. The van der Waals surface area contributed by atoms with Crippen LogP contribution in [-0.4, -0.2) is 62.8 Å². The molecule has 0 aromatic carbocycles. The lowest BCUT2D eigenvalue weighted by molar-refractivity contribution is -0.168. The first kappa shape index (κ1) is 23.0. The fourth-order valence-electron chi connectivity index (χ4n) is 3.38. The normalized spacial score (nSPS) is 24.7. The minimum atomic E-state index is -3.52. The summed E-state index contributed by atoms with van der Waals surface area (Å²) in [5, 5.41) is 21.6. The smallest absolute Gasteiger partial charge is 0.356 e. The summed E-state index contributed by atoms with van der Waals surface area (Å²) in [6, 6.07) is 0. The van der Waals surface area contributed by atoms with Gasteiger partial charge in [0.25, 0.3) is 0 Å². The topological polar surface area (TPSA) is 177 Å². The zero-order valence-corrected chi connectivity index (χ0v) is 18.0. The molecule has 1 saturated heterocycles. The Morgan fingerprint density at radius 2 is 1.90 bits per heavy atom. The molecule has 2 aromatic rings. The third-order valence-corrected chi connectivity index (χ3v) is 6.40. The molecule has 12 nitrogen and oxygen atoms in total. The molecular formula is C17H28N5O7P. The SMILES string of the molecule is CCOP(=O)(CO[C@H]1O[C@@H](n2cc(CN)c3c(N)nc(C)nc32)[C@H](O)[C@@H]1O)OCC. The maximum atomic E-state index is 12.6. The Hall–Kier alpha value is -1.63. The number of nitrogen functional groups attached to an aromatic ring is 1. The highest BCUT2D eigenvalue weighted by atomic mass is 31.2. The third-order valence-electron chi connectivity index (χ3n) is 4.63. The van der Waals surface area contributed by atoms with Gasteiger partial charge in [-0.2, -0.15) is 0 Å². The number of hydrogen-bond donors (Lipinski definition) is 4. The van der Waals surface area contributed by atoms with E-state index in [-0.39, 0.29) is 25.6 Å². The van der Waals surface area contributed by atoms with Crippen LogP contribution in [0.2, 0.25) is 0 Å². The van der Waals surface area contributed by atoms with E-state index in [1.807, 2.05) is 0 Å². The van der Waals surface area contributed by atoms with Gasteiger partial charge in [0.2, 0.25) is 0 Å². The van der Waals surface area contributed by atoms with Gasteiger partial charge in [-0.05, 0) is 26.3 Å². The third kappa shape index (κ3) is 4.36. The number of aliphatic hydroxyl groups is 2. The number of aryl methyl sites for hydroxylation is 1. The molecule has 1 aliphatic rings. The van der Waals surface area contributed by atoms with Crippen molar-refractivity contribution < 1.29 is 33.3 Å². The first-order valence-electron chi connectivity index (χ1n) is 9.59. The second kappa shape index (κ2) is 9.25. The fourth-order valence-corrected chi connectivity index (χ4v) is 4.72. The van der Waals surface area contributed by atoms with E-state index in [9.17, 15) is 14.8 Å². The Morgan fingerprint density at radius 3 is 2.50 bits per heavy atom. The second-order valence-electron chi connectivity index (χ2n) is 6.74. The molecule has 0 amide bonds. The van der Waals surface area contributed by atoms with E-state index in [4.69, 9.17) is 30.0 Å². The molecule has 13 heteroatoms. The van der Waals surface area contributed by atoms with Crippen molar-refractivity contribution in [3.05, 3.63) is 17.6 Å². The molecular weight excluding hydrogens is 417 g/mol. The maximum absolute atomic E-state index is 12.6. The number of aromatic nitrogens is 3. The predicted octanol–water partition coefficient (Wildman–Crippen LogP) is 0.598. The van der Waals surface area contributed by atoms with Gasteiger partial charge in [0.15, 0.2) is 18.9 Å². The molecule has 3 rings (SSSR count). The number of nitrogens with two attached hydrogens (primary N) is 2. The molecule has 4 atom stereocenters. The standard InChI is InChI=1S/C17H28N5O7P/c1-4-27-30(25,28-5-2)8-26-17-13(24)12(23)16(29-17)22-7-10(6-18)11-14(19)20-9(3)21-15(11)22/h7,12-13,16-17,23-24H,4-6,8,18H2,1-3H3,(H2,19,20,21)/t12-,13+,16-,17+/m1/s1. The monoisotopic (exact) mass is 445 g/mol. The number of anilines is 1. The quantitative estimate of drug-likeness (QED) is 0.397. The number of rotatable bonds is 9. The van der Waals surface area contributed by atoms with E-state index in [1.54, 1.807) is 27.0 Å². The van der Waals surface area contributed by atoms with Gasteiger partial charge in [0, 0.05) is 12.7 Å². The minimum absolute atomic E-state index is 0.164. The number of ether oxygens (including phenoxy) is 2. The summed E-state index contributed by atoms with van der Waals surface area (Å²) < 4.78 is 35.6. The summed E-state index contributed by atoms with van der Waals surface area (Å²) in [4.78, 5) is 8.54. The van der Waals surface area contributed by atoms with Crippen LogP contribution in [0.15, 0.2) is 6.20 Å². The summed E-state index contributed by atoms with van der Waals surface area (Å²) in [7, 11) is -3.52. The van der Waals surface area contributed by atoms with Crippen LogP contribution in [0.25, 0.3) is 11.0 Å². The van der Waals surface area contributed by atoms with Crippen LogP contribution in [-0.2, 0) is 29.6 Å². The Morgan fingerprint density at radius 1 is 1.23 bits per heavy atom. The van der Waals surface area contributed by atoms with Crippen LogP contribution >= 0.6 is 7.60 Å². The first-order chi connectivity index (χ1) is 14.2. The first-order valence-corrected chi connectivity index (χ1v) is 11.3. The molecule has 6 N–H and O–H groups in total. The fraction of sp³-hybridized carbons (Fsp3) is 0.647. The van der Waals surface area contributed by atoms with Crippen molar-refractivity contribution in [2.45, 2.75) is 52.0 Å². The van der Waals surface area contributed by atoms with Gasteiger partial charge in [0.05, 0.1) is 18.6 Å². The van der Waals surface area contributed by atoms with E-state index >= 15 is 0 Å². The lowest BCUT2D eigenvalue weighted by Gasteiger charge is -2.20. The lowest BCUT2D eigenvalue weighted by Crippen LogP contribution is -2.33. The largest absolute Gasteiger partial charge is 0.385 e. The van der Waals surface area contributed by atoms with Crippen molar-refractivity contribution in [2.75, 3.05) is 25.3 Å². The number of nitrogens with zero attached hydrogens (tertiary/aromatic N) is 3. The molecule has 2 aromatic heterocycles. The summed E-state index contributed by atoms with van der Waals surface area (Å²) in [6.45, 7) is 5.52. The predicted molar refractivity (Wildman–Crippen MR) is 107 cm³/mol. The highest BCUT2D eigenvalue weighted by molar-refractivity contribution is 7.53. The van der Waals surface area contributed by atoms with Crippen LogP contribution in [0, 0.1) is 6.92 Å². The Kier molecular flexibility index (Phi) is 7.10. The van der Waals surface area contributed by atoms with Crippen molar-refractivity contribution in [3.8, 4) is 0 Å². The highest BCUT2D eigenvalue weighted by Gasteiger charge is 2.46. The Labute approximate surface area is 173 Å². The molecule has 0 unspecified atom stereocenters. The van der Waals surface area contributed by atoms with Gasteiger partial charge in [0.1, 0.15) is 29.5 Å². The Bertz CT molecular complexity index is 929. The van der Waals surface area contributed by atoms with E-state index in [1.165, 1.54) is 4.57 Å². The average molecular weight is 445 g/mol. The molecule has 0 aliphatic carbocycles. The van der Waals surface area contributed by atoms with Crippen molar-refractivity contribution >= 4 is 24.4 Å².